The zero-order valence-electron chi connectivity index (χ0n) is 12.8. The summed E-state index contributed by atoms with van der Waals surface area (Å²) in [5, 5.41) is 13.5. The number of aromatic nitrogens is 3. The van der Waals surface area contributed by atoms with Crippen molar-refractivity contribution in [1.29, 1.82) is 0 Å². The molecule has 2 aromatic heterocycles. The normalized spacial score (nSPS) is 11.7. The van der Waals surface area contributed by atoms with Crippen LogP contribution in [0, 0.1) is 3.70 Å². The van der Waals surface area contributed by atoms with Crippen molar-refractivity contribution >= 4 is 40.1 Å². The number of hydrogen-bond donors (Lipinski definition) is 1. The maximum Gasteiger partial charge on any atom is 0.416 e. The van der Waals surface area contributed by atoms with Crippen LogP contribution >= 0.6 is 22.6 Å². The number of amides is 1. The number of carbonyl (C=O) groups is 1. The Labute approximate surface area is 142 Å². The van der Waals surface area contributed by atoms with Crippen LogP contribution in [0.2, 0.25) is 0 Å². The van der Waals surface area contributed by atoms with Gasteiger partial charge in [0, 0.05) is 13.2 Å². The van der Waals surface area contributed by atoms with Crippen molar-refractivity contribution < 1.29 is 14.6 Å². The Bertz CT molecular complexity index is 666. The molecule has 0 fully saturated rings. The van der Waals surface area contributed by atoms with Crippen molar-refractivity contribution in [3.8, 4) is 0 Å². The van der Waals surface area contributed by atoms with E-state index in [9.17, 15) is 4.79 Å². The van der Waals surface area contributed by atoms with Crippen LogP contribution in [0.1, 0.15) is 27.2 Å². The Morgan fingerprint density at radius 3 is 2.82 bits per heavy atom. The summed E-state index contributed by atoms with van der Waals surface area (Å²) in [6.07, 6.45) is 1.67. The summed E-state index contributed by atoms with van der Waals surface area (Å²) in [4.78, 5) is 18.0. The molecule has 0 radical (unpaired) electrons. The number of carbonyl (C=O) groups excluding carboxylic acids is 1. The van der Waals surface area contributed by atoms with E-state index in [4.69, 9.17) is 9.84 Å². The topological polar surface area (TPSA) is 80.0 Å². The first-order valence-corrected chi connectivity index (χ1v) is 8.01. The van der Waals surface area contributed by atoms with Crippen molar-refractivity contribution in [2.75, 3.05) is 18.1 Å². The second-order valence-electron chi connectivity index (χ2n) is 5.75. The second kappa shape index (κ2) is 6.78. The number of anilines is 1. The molecule has 0 saturated heterocycles. The fraction of sp³-hybridized carbons (Fsp3) is 0.500. The van der Waals surface area contributed by atoms with E-state index in [-0.39, 0.29) is 6.61 Å². The van der Waals surface area contributed by atoms with Crippen molar-refractivity contribution in [1.82, 2.24) is 14.6 Å². The lowest BCUT2D eigenvalue weighted by atomic mass is 10.2. The van der Waals surface area contributed by atoms with Gasteiger partial charge in [-0.2, -0.15) is 0 Å². The minimum Gasteiger partial charge on any atom is -0.443 e. The molecule has 2 aromatic rings. The lowest BCUT2D eigenvalue weighted by molar-refractivity contribution is 0.0577. The molecular formula is C14H19IN4O3. The molecule has 1 N–H and O–H groups in total. The van der Waals surface area contributed by atoms with E-state index in [0.717, 1.165) is 3.70 Å². The summed E-state index contributed by atoms with van der Waals surface area (Å²) >= 11 is 2.12. The molecule has 1 amide bonds. The van der Waals surface area contributed by atoms with Gasteiger partial charge in [-0.15, -0.1) is 5.10 Å². The number of ether oxygens (including phenoxy) is 1. The zero-order valence-corrected chi connectivity index (χ0v) is 14.9. The molecule has 0 bridgehead atoms. The van der Waals surface area contributed by atoms with E-state index in [1.165, 1.54) is 4.90 Å². The van der Waals surface area contributed by atoms with Crippen LogP contribution in [-0.2, 0) is 4.74 Å². The molecule has 0 unspecified atom stereocenters. The van der Waals surface area contributed by atoms with Crippen LogP contribution in [0.3, 0.4) is 0 Å². The van der Waals surface area contributed by atoms with E-state index < -0.39 is 11.7 Å². The number of fused-ring (bicyclic) bond motifs is 1. The standard InChI is InChI=1S/C14H19IN4O3/c1-14(2,3)22-13(21)18(7-4-8-20)12-6-5-11-16-9-10(15)19(11)17-12/h5-6,9,20H,4,7-8H2,1-3H3. The van der Waals surface area contributed by atoms with Crippen LogP contribution in [0.4, 0.5) is 10.6 Å². The van der Waals surface area contributed by atoms with Gasteiger partial charge in [0.1, 0.15) is 9.30 Å². The van der Waals surface area contributed by atoms with Gasteiger partial charge < -0.3 is 9.84 Å². The predicted octanol–water partition coefficient (Wildman–Crippen LogP) is 2.46. The molecule has 2 heterocycles. The Hall–Kier alpha value is -1.42. The number of halogens is 1. The first-order valence-electron chi connectivity index (χ1n) is 6.93. The van der Waals surface area contributed by atoms with Crippen LogP contribution in [0.15, 0.2) is 18.3 Å². The molecule has 0 aliphatic heterocycles. The summed E-state index contributed by atoms with van der Waals surface area (Å²) < 4.78 is 7.92. The molecule has 2 rings (SSSR count). The molecule has 22 heavy (non-hydrogen) atoms. The van der Waals surface area contributed by atoms with E-state index in [0.29, 0.717) is 24.4 Å². The first kappa shape index (κ1) is 16.9. The maximum atomic E-state index is 12.4. The molecule has 0 aliphatic rings. The monoisotopic (exact) mass is 418 g/mol. The molecule has 120 valence electrons. The highest BCUT2D eigenvalue weighted by molar-refractivity contribution is 14.1. The lowest BCUT2D eigenvalue weighted by Crippen LogP contribution is -2.38. The maximum absolute atomic E-state index is 12.4. The van der Waals surface area contributed by atoms with Crippen molar-refractivity contribution in [2.45, 2.75) is 32.8 Å². The summed E-state index contributed by atoms with van der Waals surface area (Å²) in [6, 6.07) is 3.51. The fourth-order valence-corrected chi connectivity index (χ4v) is 2.32. The van der Waals surface area contributed by atoms with Gasteiger partial charge in [-0.1, -0.05) is 0 Å². The number of aliphatic hydroxyl groups is 1. The summed E-state index contributed by atoms with van der Waals surface area (Å²) in [5.74, 6) is 0.464. The average Bonchev–Trinajstić information content (AvgIpc) is 2.79. The highest BCUT2D eigenvalue weighted by atomic mass is 127. The average molecular weight is 418 g/mol. The van der Waals surface area contributed by atoms with Gasteiger partial charge in [0.2, 0.25) is 0 Å². The van der Waals surface area contributed by atoms with Crippen LogP contribution in [-0.4, -0.2) is 44.6 Å². The van der Waals surface area contributed by atoms with E-state index in [1.807, 2.05) is 20.8 Å². The second-order valence-corrected chi connectivity index (χ2v) is 6.86. The largest absolute Gasteiger partial charge is 0.443 e. The minimum atomic E-state index is -0.595. The Morgan fingerprint density at radius 1 is 1.45 bits per heavy atom. The fourth-order valence-electron chi connectivity index (χ4n) is 1.82. The third-order valence-electron chi connectivity index (χ3n) is 2.74. The van der Waals surface area contributed by atoms with E-state index in [2.05, 4.69) is 32.7 Å². The van der Waals surface area contributed by atoms with Gasteiger partial charge in [0.05, 0.1) is 6.20 Å². The molecule has 0 aliphatic carbocycles. The number of hydrogen-bond acceptors (Lipinski definition) is 5. The van der Waals surface area contributed by atoms with Gasteiger partial charge >= 0.3 is 6.09 Å². The predicted molar refractivity (Wildman–Crippen MR) is 91.0 cm³/mol. The Kier molecular flexibility index (Phi) is 5.22. The minimum absolute atomic E-state index is 0.00977. The molecule has 0 spiro atoms. The van der Waals surface area contributed by atoms with Gasteiger partial charge in [-0.05, 0) is 61.9 Å². The van der Waals surface area contributed by atoms with Gasteiger partial charge in [-0.3, -0.25) is 4.90 Å². The molecule has 0 saturated carbocycles. The highest BCUT2D eigenvalue weighted by Crippen LogP contribution is 2.18. The van der Waals surface area contributed by atoms with Crippen LogP contribution in [0.25, 0.3) is 5.65 Å². The van der Waals surface area contributed by atoms with Crippen molar-refractivity contribution in [3.63, 3.8) is 0 Å². The van der Waals surface area contributed by atoms with E-state index >= 15 is 0 Å². The first-order chi connectivity index (χ1) is 10.3. The van der Waals surface area contributed by atoms with Gasteiger partial charge in [0.25, 0.3) is 0 Å². The Morgan fingerprint density at radius 2 is 2.18 bits per heavy atom. The lowest BCUT2D eigenvalue weighted by Gasteiger charge is -2.26. The quantitative estimate of drug-likeness (QED) is 0.772. The third kappa shape index (κ3) is 4.07. The number of imidazole rings is 1. The number of aliphatic hydroxyl groups excluding tert-OH is 1. The van der Waals surface area contributed by atoms with Crippen LogP contribution < -0.4 is 4.90 Å². The van der Waals surface area contributed by atoms with Crippen molar-refractivity contribution in [3.05, 3.63) is 22.0 Å². The molecule has 8 heteroatoms. The SMILES string of the molecule is CC(C)(C)OC(=O)N(CCCO)c1ccc2ncc(I)n2n1. The molecule has 0 atom stereocenters. The molecular weight excluding hydrogens is 399 g/mol. The van der Waals surface area contributed by atoms with Gasteiger partial charge in [0.15, 0.2) is 11.5 Å². The van der Waals surface area contributed by atoms with Crippen LogP contribution in [0.5, 0.6) is 0 Å². The van der Waals surface area contributed by atoms with Crippen molar-refractivity contribution in [2.24, 2.45) is 0 Å². The molecule has 0 aromatic carbocycles. The highest BCUT2D eigenvalue weighted by Gasteiger charge is 2.24. The van der Waals surface area contributed by atoms with E-state index in [1.54, 1.807) is 22.8 Å². The summed E-state index contributed by atoms with van der Waals surface area (Å²) in [7, 11) is 0. The molecule has 7 nitrogen and oxygen atoms in total. The third-order valence-corrected chi connectivity index (χ3v) is 3.47. The number of rotatable bonds is 4. The number of nitrogens with zero attached hydrogens (tertiary/aromatic N) is 4. The van der Waals surface area contributed by atoms with Gasteiger partial charge in [-0.25, -0.2) is 14.3 Å². The zero-order chi connectivity index (χ0) is 16.3. The smallest absolute Gasteiger partial charge is 0.416 e. The summed E-state index contributed by atoms with van der Waals surface area (Å²) in [6.45, 7) is 5.75. The Balaban J connectivity index is 2.33. The summed E-state index contributed by atoms with van der Waals surface area (Å²) in [5.41, 5.74) is 0.113.